The third-order valence-corrected chi connectivity index (χ3v) is 2.60. The van der Waals surface area contributed by atoms with E-state index in [1.54, 1.807) is 4.68 Å². The van der Waals surface area contributed by atoms with E-state index >= 15 is 0 Å². The van der Waals surface area contributed by atoms with Gasteiger partial charge in [-0.1, -0.05) is 13.8 Å². The quantitative estimate of drug-likeness (QED) is 0.550. The summed E-state index contributed by atoms with van der Waals surface area (Å²) in [5.41, 5.74) is -0.0413. The van der Waals surface area contributed by atoms with Crippen LogP contribution in [-0.4, -0.2) is 20.8 Å². The fourth-order valence-corrected chi connectivity index (χ4v) is 1.69. The summed E-state index contributed by atoms with van der Waals surface area (Å²) < 4.78 is 7.14. The third kappa shape index (κ3) is 1.67. The Morgan fingerprint density at radius 3 is 3.07 bits per heavy atom. The van der Waals surface area contributed by atoms with Gasteiger partial charge >= 0.3 is 5.69 Å². The molecule has 15 heavy (non-hydrogen) atoms. The Balaban J connectivity index is 2.30. The van der Waals surface area contributed by atoms with Crippen molar-refractivity contribution in [3.8, 4) is 5.88 Å². The molecule has 0 spiro atoms. The van der Waals surface area contributed by atoms with Crippen LogP contribution in [-0.2, 0) is 6.54 Å². The molecule has 1 aromatic rings. The number of ether oxygens (including phenoxy) is 1. The summed E-state index contributed by atoms with van der Waals surface area (Å²) in [5, 5.41) is 14.6. The van der Waals surface area contributed by atoms with E-state index in [1.807, 2.05) is 13.8 Å². The lowest BCUT2D eigenvalue weighted by molar-refractivity contribution is -0.386. The van der Waals surface area contributed by atoms with Gasteiger partial charge in [0, 0.05) is 13.0 Å². The Morgan fingerprint density at radius 1 is 1.73 bits per heavy atom. The van der Waals surface area contributed by atoms with Crippen molar-refractivity contribution in [3.05, 3.63) is 16.3 Å². The molecule has 0 bridgehead atoms. The second-order valence-electron chi connectivity index (χ2n) is 4.00. The minimum Gasteiger partial charge on any atom is -0.469 e. The van der Waals surface area contributed by atoms with Gasteiger partial charge in [0.25, 0.3) is 5.88 Å². The van der Waals surface area contributed by atoms with Gasteiger partial charge in [0.1, 0.15) is 12.3 Å². The molecule has 0 N–H and O–H groups in total. The number of nitrogens with zero attached hydrogens (tertiary/aromatic N) is 3. The van der Waals surface area contributed by atoms with Gasteiger partial charge in [0.15, 0.2) is 0 Å². The van der Waals surface area contributed by atoms with Crippen molar-refractivity contribution in [3.63, 3.8) is 0 Å². The van der Waals surface area contributed by atoms with Crippen molar-refractivity contribution < 1.29 is 9.66 Å². The van der Waals surface area contributed by atoms with E-state index in [0.717, 1.165) is 6.42 Å². The van der Waals surface area contributed by atoms with Crippen LogP contribution in [0, 0.1) is 16.0 Å². The maximum atomic E-state index is 10.7. The van der Waals surface area contributed by atoms with E-state index in [-0.39, 0.29) is 11.8 Å². The predicted molar refractivity (Wildman–Crippen MR) is 52.8 cm³/mol. The number of aromatic nitrogens is 2. The van der Waals surface area contributed by atoms with E-state index in [4.69, 9.17) is 4.74 Å². The molecule has 1 unspecified atom stereocenters. The second-order valence-corrected chi connectivity index (χ2v) is 4.00. The Labute approximate surface area is 87.0 Å². The van der Waals surface area contributed by atoms with Gasteiger partial charge in [-0.25, -0.2) is 4.68 Å². The normalized spacial score (nSPS) is 19.8. The van der Waals surface area contributed by atoms with Gasteiger partial charge in [-0.15, -0.1) is 0 Å². The number of hydrogen-bond acceptors (Lipinski definition) is 4. The van der Waals surface area contributed by atoms with Gasteiger partial charge in [0.05, 0.1) is 4.92 Å². The summed E-state index contributed by atoms with van der Waals surface area (Å²) in [4.78, 5) is 10.2. The highest BCUT2D eigenvalue weighted by atomic mass is 16.6. The zero-order valence-corrected chi connectivity index (χ0v) is 8.71. The zero-order chi connectivity index (χ0) is 11.0. The van der Waals surface area contributed by atoms with Crippen LogP contribution in [0.5, 0.6) is 5.88 Å². The molecule has 2 heterocycles. The van der Waals surface area contributed by atoms with E-state index in [0.29, 0.717) is 18.3 Å². The minimum atomic E-state index is -0.457. The lowest BCUT2D eigenvalue weighted by Crippen LogP contribution is -2.30. The number of fused-ring (bicyclic) bond motifs is 1. The molecule has 0 saturated heterocycles. The lowest BCUT2D eigenvalue weighted by Gasteiger charge is -2.26. The maximum absolute atomic E-state index is 10.7. The molecule has 1 aliphatic rings. The first-order valence-electron chi connectivity index (χ1n) is 4.96. The minimum absolute atomic E-state index is 0.0413. The summed E-state index contributed by atoms with van der Waals surface area (Å²) in [6.07, 6.45) is 2.15. The first-order valence-corrected chi connectivity index (χ1v) is 4.96. The largest absolute Gasteiger partial charge is 0.469 e. The van der Waals surface area contributed by atoms with E-state index in [9.17, 15) is 10.1 Å². The number of nitro groups is 1. The van der Waals surface area contributed by atoms with Crippen molar-refractivity contribution in [1.82, 2.24) is 9.78 Å². The molecule has 82 valence electrons. The average molecular weight is 211 g/mol. The summed E-state index contributed by atoms with van der Waals surface area (Å²) in [7, 11) is 0. The van der Waals surface area contributed by atoms with Crippen molar-refractivity contribution in [2.75, 3.05) is 0 Å². The fraction of sp³-hybridized carbons (Fsp3) is 0.667. The van der Waals surface area contributed by atoms with Crippen LogP contribution >= 0.6 is 0 Å². The highest BCUT2D eigenvalue weighted by Crippen LogP contribution is 2.32. The van der Waals surface area contributed by atoms with Crippen LogP contribution < -0.4 is 4.74 Å². The molecular weight excluding hydrogens is 198 g/mol. The van der Waals surface area contributed by atoms with Crippen LogP contribution in [0.1, 0.15) is 20.3 Å². The molecule has 0 aromatic carbocycles. The first-order chi connectivity index (χ1) is 7.09. The fourth-order valence-electron chi connectivity index (χ4n) is 1.69. The first kappa shape index (κ1) is 9.95. The Bertz CT molecular complexity index is 386. The van der Waals surface area contributed by atoms with Crippen LogP contribution in [0.25, 0.3) is 0 Å². The van der Waals surface area contributed by atoms with Crippen molar-refractivity contribution in [2.24, 2.45) is 5.92 Å². The van der Waals surface area contributed by atoms with Crippen LogP contribution in [0.4, 0.5) is 5.69 Å². The molecule has 0 radical (unpaired) electrons. The summed E-state index contributed by atoms with van der Waals surface area (Å²) in [5.74, 6) is 0.651. The summed E-state index contributed by atoms with van der Waals surface area (Å²) in [6.45, 7) is 4.77. The molecule has 1 aliphatic heterocycles. The number of hydrogen-bond donors (Lipinski definition) is 0. The molecule has 6 nitrogen and oxygen atoms in total. The summed E-state index contributed by atoms with van der Waals surface area (Å²) >= 11 is 0. The van der Waals surface area contributed by atoms with Crippen molar-refractivity contribution >= 4 is 5.69 Å². The van der Waals surface area contributed by atoms with Gasteiger partial charge in [-0.2, -0.15) is 5.10 Å². The molecule has 0 aliphatic carbocycles. The predicted octanol–water partition coefficient (Wildman–Crippen LogP) is 1.60. The Kier molecular flexibility index (Phi) is 2.34. The van der Waals surface area contributed by atoms with Crippen LogP contribution in [0.3, 0.4) is 0 Å². The topological polar surface area (TPSA) is 70.2 Å². The van der Waals surface area contributed by atoms with Gasteiger partial charge in [0.2, 0.25) is 0 Å². The van der Waals surface area contributed by atoms with Crippen LogP contribution in [0.15, 0.2) is 6.20 Å². The highest BCUT2D eigenvalue weighted by molar-refractivity contribution is 5.39. The highest BCUT2D eigenvalue weighted by Gasteiger charge is 2.30. The lowest BCUT2D eigenvalue weighted by atomic mass is 10.0. The molecule has 1 aromatic heterocycles. The molecule has 1 atom stereocenters. The molecule has 2 rings (SSSR count). The molecule has 0 amide bonds. The zero-order valence-electron chi connectivity index (χ0n) is 8.71. The van der Waals surface area contributed by atoms with Crippen molar-refractivity contribution in [2.45, 2.75) is 32.9 Å². The molecule has 6 heteroatoms. The Morgan fingerprint density at radius 2 is 2.47 bits per heavy atom. The molecular formula is C9H13N3O3. The Hall–Kier alpha value is -1.59. The van der Waals surface area contributed by atoms with E-state index in [1.165, 1.54) is 6.20 Å². The molecule has 0 saturated carbocycles. The average Bonchev–Trinajstić information content (AvgIpc) is 2.59. The van der Waals surface area contributed by atoms with Crippen molar-refractivity contribution in [1.29, 1.82) is 0 Å². The SMILES string of the molecule is CC(C)C1CCn2ncc([N+](=O)[O-])c2O1. The van der Waals surface area contributed by atoms with Crippen LogP contribution in [0.2, 0.25) is 0 Å². The van der Waals surface area contributed by atoms with E-state index in [2.05, 4.69) is 5.10 Å². The smallest absolute Gasteiger partial charge is 0.350 e. The standard InChI is InChI=1S/C9H13N3O3/c1-6(2)8-3-4-11-9(15-8)7(5-10-11)12(13)14/h5-6,8H,3-4H2,1-2H3. The molecule has 0 fully saturated rings. The monoisotopic (exact) mass is 211 g/mol. The van der Waals surface area contributed by atoms with E-state index < -0.39 is 4.92 Å². The number of aryl methyl sites for hydroxylation is 1. The van der Waals surface area contributed by atoms with Gasteiger partial charge < -0.3 is 4.74 Å². The second kappa shape index (κ2) is 3.52. The van der Waals surface area contributed by atoms with Gasteiger partial charge in [-0.05, 0) is 5.92 Å². The maximum Gasteiger partial charge on any atom is 0.350 e. The third-order valence-electron chi connectivity index (χ3n) is 2.60. The summed E-state index contributed by atoms with van der Waals surface area (Å²) in [6, 6.07) is 0. The number of rotatable bonds is 2. The van der Waals surface area contributed by atoms with Gasteiger partial charge in [-0.3, -0.25) is 10.1 Å².